The van der Waals surface area contributed by atoms with Crippen molar-refractivity contribution in [2.45, 2.75) is 0 Å². The third-order valence-corrected chi connectivity index (χ3v) is 4.41. The van der Waals surface area contributed by atoms with Gasteiger partial charge in [-0.05, 0) is 41.1 Å². The summed E-state index contributed by atoms with van der Waals surface area (Å²) in [5, 5.41) is 6.36. The predicted molar refractivity (Wildman–Crippen MR) is 94.2 cm³/mol. The molecule has 0 saturated carbocycles. The lowest BCUT2D eigenvalue weighted by Gasteiger charge is -2.09. The smallest absolute Gasteiger partial charge is 0.151 e. The van der Waals surface area contributed by atoms with Gasteiger partial charge in [-0.3, -0.25) is 0 Å². The minimum absolute atomic E-state index is 0.216. The summed E-state index contributed by atoms with van der Waals surface area (Å²) < 4.78 is 1.05. The maximum atomic E-state index is 6.12. The molecule has 106 valence electrons. The Labute approximate surface area is 145 Å². The number of pyridine rings is 1. The molecule has 0 aliphatic carbocycles. The van der Waals surface area contributed by atoms with E-state index in [4.69, 9.17) is 34.8 Å². The van der Waals surface area contributed by atoms with Gasteiger partial charge in [0.2, 0.25) is 0 Å². The first-order valence-electron chi connectivity index (χ1n) is 6.01. The minimum atomic E-state index is 0.216. The number of benzene rings is 2. The molecule has 2 nitrogen and oxygen atoms in total. The molecule has 0 aliphatic rings. The fraction of sp³-hybridized carbons (Fsp3) is 0. The van der Waals surface area contributed by atoms with Crippen LogP contribution in [-0.4, -0.2) is 4.98 Å². The maximum absolute atomic E-state index is 6.12. The van der Waals surface area contributed by atoms with Crippen molar-refractivity contribution in [1.82, 2.24) is 4.98 Å². The van der Waals surface area contributed by atoms with E-state index in [0.29, 0.717) is 15.9 Å². The number of rotatable bonds is 2. The van der Waals surface area contributed by atoms with Crippen molar-refractivity contribution in [2.75, 3.05) is 5.32 Å². The maximum Gasteiger partial charge on any atom is 0.151 e. The summed E-state index contributed by atoms with van der Waals surface area (Å²) in [4.78, 5) is 4.14. The largest absolute Gasteiger partial charge is 0.339 e. The number of nitrogens with one attached hydrogen (secondary N) is 1. The molecule has 1 N–H and O–H groups in total. The number of nitrogens with zero attached hydrogens (tertiary/aromatic N) is 1. The third kappa shape index (κ3) is 3.27. The van der Waals surface area contributed by atoms with Gasteiger partial charge < -0.3 is 5.32 Å². The topological polar surface area (TPSA) is 24.9 Å². The minimum Gasteiger partial charge on any atom is -0.339 e. The number of fused-ring (bicyclic) bond motifs is 1. The Kier molecular flexibility index (Phi) is 4.27. The molecular formula is C15H8BrCl3N2. The Hall–Kier alpha value is -1.00. The zero-order valence-electron chi connectivity index (χ0n) is 10.5. The molecule has 0 unspecified atom stereocenters. The molecule has 0 atom stereocenters. The van der Waals surface area contributed by atoms with Crippen molar-refractivity contribution >= 4 is 73.0 Å². The Balaban J connectivity index is 1.98. The average Bonchev–Trinajstić information content (AvgIpc) is 2.45. The molecule has 0 saturated heterocycles. The van der Waals surface area contributed by atoms with Crippen molar-refractivity contribution in [2.24, 2.45) is 0 Å². The summed E-state index contributed by atoms with van der Waals surface area (Å²) in [5.74, 6) is 0.475. The molecule has 21 heavy (non-hydrogen) atoms. The Morgan fingerprint density at radius 2 is 1.57 bits per heavy atom. The lowest BCUT2D eigenvalue weighted by molar-refractivity contribution is 1.31. The van der Waals surface area contributed by atoms with Gasteiger partial charge in [-0.1, -0.05) is 62.9 Å². The Morgan fingerprint density at radius 1 is 0.857 bits per heavy atom. The van der Waals surface area contributed by atoms with Gasteiger partial charge in [0, 0.05) is 10.2 Å². The van der Waals surface area contributed by atoms with Crippen molar-refractivity contribution < 1.29 is 0 Å². The van der Waals surface area contributed by atoms with Crippen LogP contribution in [0.2, 0.25) is 15.2 Å². The summed E-state index contributed by atoms with van der Waals surface area (Å²) in [6.07, 6.45) is 0. The first-order valence-corrected chi connectivity index (χ1v) is 7.93. The van der Waals surface area contributed by atoms with Gasteiger partial charge in [0.05, 0.1) is 10.0 Å². The summed E-state index contributed by atoms with van der Waals surface area (Å²) in [6, 6.07) is 13.7. The van der Waals surface area contributed by atoms with Crippen molar-refractivity contribution in [3.8, 4) is 0 Å². The predicted octanol–water partition coefficient (Wildman–Crippen LogP) is 6.70. The molecule has 3 rings (SSSR count). The SMILES string of the molecule is Clc1cc(Cl)c(Nc2ccc3cc(Br)ccc3c2)nc1Cl. The van der Waals surface area contributed by atoms with Crippen LogP contribution in [0.4, 0.5) is 11.5 Å². The van der Waals surface area contributed by atoms with Crippen molar-refractivity contribution in [1.29, 1.82) is 0 Å². The quantitative estimate of drug-likeness (QED) is 0.482. The van der Waals surface area contributed by atoms with Gasteiger partial charge in [0.1, 0.15) is 5.15 Å². The normalized spacial score (nSPS) is 10.9. The van der Waals surface area contributed by atoms with Crippen LogP contribution in [0.3, 0.4) is 0 Å². The van der Waals surface area contributed by atoms with Crippen LogP contribution in [0.15, 0.2) is 46.9 Å². The fourth-order valence-corrected chi connectivity index (χ4v) is 2.89. The van der Waals surface area contributed by atoms with E-state index in [0.717, 1.165) is 20.9 Å². The van der Waals surface area contributed by atoms with E-state index in [9.17, 15) is 0 Å². The summed E-state index contributed by atoms with van der Waals surface area (Å²) in [6.45, 7) is 0. The van der Waals surface area contributed by atoms with E-state index in [1.165, 1.54) is 0 Å². The van der Waals surface area contributed by atoms with Crippen LogP contribution in [0.1, 0.15) is 0 Å². The van der Waals surface area contributed by atoms with Gasteiger partial charge >= 0.3 is 0 Å². The second-order valence-electron chi connectivity index (χ2n) is 4.42. The van der Waals surface area contributed by atoms with E-state index in [1.807, 2.05) is 30.3 Å². The molecule has 0 radical (unpaired) electrons. The van der Waals surface area contributed by atoms with Crippen LogP contribution in [0.5, 0.6) is 0 Å². The van der Waals surface area contributed by atoms with Crippen molar-refractivity contribution in [3.63, 3.8) is 0 Å². The summed E-state index contributed by atoms with van der Waals surface area (Å²) in [7, 11) is 0. The fourth-order valence-electron chi connectivity index (χ4n) is 1.96. The molecule has 1 heterocycles. The highest BCUT2D eigenvalue weighted by Gasteiger charge is 2.08. The van der Waals surface area contributed by atoms with Gasteiger partial charge in [0.15, 0.2) is 5.82 Å². The molecular weight excluding hydrogens is 394 g/mol. The van der Waals surface area contributed by atoms with Crippen LogP contribution >= 0.6 is 50.7 Å². The van der Waals surface area contributed by atoms with E-state index in [-0.39, 0.29) is 5.15 Å². The Bertz CT molecular complexity index is 837. The van der Waals surface area contributed by atoms with Crippen LogP contribution in [0.25, 0.3) is 10.8 Å². The molecule has 0 aliphatic heterocycles. The van der Waals surface area contributed by atoms with Gasteiger partial charge in [0.25, 0.3) is 0 Å². The molecule has 0 fully saturated rings. The highest BCUT2D eigenvalue weighted by Crippen LogP contribution is 2.31. The van der Waals surface area contributed by atoms with Gasteiger partial charge in [-0.25, -0.2) is 4.98 Å². The van der Waals surface area contributed by atoms with E-state index in [2.05, 4.69) is 32.3 Å². The number of anilines is 2. The standard InChI is InChI=1S/C15H8BrCl3N2/c16-10-3-1-9-6-11(4-2-8(9)5-10)20-15-13(18)7-12(17)14(19)21-15/h1-7H,(H,20,21). The van der Waals surface area contributed by atoms with E-state index < -0.39 is 0 Å². The van der Waals surface area contributed by atoms with Gasteiger partial charge in [-0.15, -0.1) is 0 Å². The molecule has 1 aromatic heterocycles. The van der Waals surface area contributed by atoms with Crippen LogP contribution < -0.4 is 5.32 Å². The molecule has 3 aromatic rings. The molecule has 0 amide bonds. The lowest BCUT2D eigenvalue weighted by atomic mass is 10.1. The number of hydrogen-bond donors (Lipinski definition) is 1. The van der Waals surface area contributed by atoms with Crippen LogP contribution in [0, 0.1) is 0 Å². The number of halogens is 4. The second-order valence-corrected chi connectivity index (χ2v) is 6.51. The van der Waals surface area contributed by atoms with Crippen LogP contribution in [-0.2, 0) is 0 Å². The summed E-state index contributed by atoms with van der Waals surface area (Å²) in [5.41, 5.74) is 0.873. The first kappa shape index (κ1) is 14.9. The zero-order valence-corrected chi connectivity index (χ0v) is 14.4. The third-order valence-electron chi connectivity index (χ3n) is 2.95. The highest BCUT2D eigenvalue weighted by molar-refractivity contribution is 9.10. The first-order chi connectivity index (χ1) is 10.0. The van der Waals surface area contributed by atoms with Crippen molar-refractivity contribution in [3.05, 3.63) is 62.1 Å². The molecule has 0 bridgehead atoms. The number of hydrogen-bond acceptors (Lipinski definition) is 2. The molecule has 6 heteroatoms. The van der Waals surface area contributed by atoms with E-state index in [1.54, 1.807) is 6.07 Å². The second kappa shape index (κ2) is 6.01. The van der Waals surface area contributed by atoms with Gasteiger partial charge in [-0.2, -0.15) is 0 Å². The average molecular weight is 403 g/mol. The lowest BCUT2D eigenvalue weighted by Crippen LogP contribution is -1.95. The summed E-state index contributed by atoms with van der Waals surface area (Å²) >= 11 is 21.4. The number of aromatic nitrogens is 1. The van der Waals surface area contributed by atoms with E-state index >= 15 is 0 Å². The molecule has 2 aromatic carbocycles. The highest BCUT2D eigenvalue weighted by atomic mass is 79.9. The monoisotopic (exact) mass is 400 g/mol. The molecule has 0 spiro atoms. The Morgan fingerprint density at radius 3 is 2.38 bits per heavy atom. The zero-order chi connectivity index (χ0) is 15.0.